The zero-order chi connectivity index (χ0) is 18.1. The molecule has 6 heteroatoms. The van der Waals surface area contributed by atoms with Gasteiger partial charge in [-0.2, -0.15) is 0 Å². The number of aromatic nitrogens is 1. The molecule has 25 heavy (non-hydrogen) atoms. The minimum Gasteiger partial charge on any atom is -0.508 e. The fourth-order valence-electron chi connectivity index (χ4n) is 3.05. The van der Waals surface area contributed by atoms with E-state index in [9.17, 15) is 24.9 Å². The number of phenols is 1. The Morgan fingerprint density at radius 1 is 1.04 bits per heavy atom. The predicted octanol–water partition coefficient (Wildman–Crippen LogP) is 3.03. The Hall–Kier alpha value is -3.28. The molecule has 3 rings (SSSR count). The summed E-state index contributed by atoms with van der Waals surface area (Å²) in [5.74, 6) is -1.84. The number of carboxylic acids is 2. The number of hydrogen-bond donors (Lipinski definition) is 3. The number of aromatic hydroxyl groups is 1. The van der Waals surface area contributed by atoms with Gasteiger partial charge in [0.1, 0.15) is 5.75 Å². The van der Waals surface area contributed by atoms with Crippen LogP contribution in [-0.4, -0.2) is 31.8 Å². The van der Waals surface area contributed by atoms with E-state index in [1.807, 2.05) is 11.5 Å². The monoisotopic (exact) mass is 339 g/mol. The molecule has 0 atom stereocenters. The minimum absolute atomic E-state index is 0.126. The van der Waals surface area contributed by atoms with Crippen LogP contribution in [0, 0.1) is 6.92 Å². The number of carboxylic acid groups (broad SMARTS) is 2. The van der Waals surface area contributed by atoms with Crippen LogP contribution < -0.4 is 0 Å². The number of hydrogen-bond acceptors (Lipinski definition) is 3. The summed E-state index contributed by atoms with van der Waals surface area (Å²) in [7, 11) is 0. The third kappa shape index (κ3) is 3.19. The largest absolute Gasteiger partial charge is 0.508 e. The second-order valence-electron chi connectivity index (χ2n) is 5.92. The zero-order valence-corrected chi connectivity index (χ0v) is 13.6. The Morgan fingerprint density at radius 3 is 2.32 bits per heavy atom. The maximum atomic E-state index is 11.2. The number of carbonyl (C=O) groups is 2. The molecule has 2 aromatic carbocycles. The molecule has 0 saturated carbocycles. The molecule has 3 aromatic rings. The molecule has 0 spiro atoms. The molecular weight excluding hydrogens is 322 g/mol. The molecule has 1 heterocycles. The van der Waals surface area contributed by atoms with Crippen molar-refractivity contribution in [2.24, 2.45) is 0 Å². The van der Waals surface area contributed by atoms with Crippen LogP contribution in [0.1, 0.15) is 27.2 Å². The lowest BCUT2D eigenvalue weighted by Crippen LogP contribution is -2.05. The number of rotatable bonds is 5. The van der Waals surface area contributed by atoms with Crippen molar-refractivity contribution in [1.82, 2.24) is 4.57 Å². The molecule has 0 fully saturated rings. The third-order valence-electron chi connectivity index (χ3n) is 4.31. The summed E-state index contributed by atoms with van der Waals surface area (Å²) in [5, 5.41) is 28.5. The van der Waals surface area contributed by atoms with Crippen LogP contribution in [0.15, 0.2) is 42.5 Å². The highest BCUT2D eigenvalue weighted by atomic mass is 16.4. The van der Waals surface area contributed by atoms with E-state index in [2.05, 4.69) is 0 Å². The number of fused-ring (bicyclic) bond motifs is 1. The molecule has 0 unspecified atom stereocenters. The van der Waals surface area contributed by atoms with Gasteiger partial charge in [-0.25, -0.2) is 4.79 Å². The van der Waals surface area contributed by atoms with E-state index in [-0.39, 0.29) is 17.7 Å². The van der Waals surface area contributed by atoms with Gasteiger partial charge in [-0.3, -0.25) is 4.79 Å². The van der Waals surface area contributed by atoms with Crippen LogP contribution in [0.2, 0.25) is 0 Å². The third-order valence-corrected chi connectivity index (χ3v) is 4.31. The standard InChI is InChI=1S/C19H17NO5/c1-11-15(9-18(22)23)16-8-13(19(24)25)4-7-17(16)20(11)10-12-2-5-14(21)6-3-12/h2-8,21H,9-10H2,1H3,(H,22,23)(H,24,25). The molecule has 6 nitrogen and oxygen atoms in total. The topological polar surface area (TPSA) is 99.8 Å². The van der Waals surface area contributed by atoms with Gasteiger partial charge in [0, 0.05) is 23.1 Å². The van der Waals surface area contributed by atoms with Crippen LogP contribution in [0.5, 0.6) is 5.75 Å². The van der Waals surface area contributed by atoms with Crippen molar-refractivity contribution in [2.75, 3.05) is 0 Å². The maximum absolute atomic E-state index is 11.2. The number of aliphatic carboxylic acids is 1. The number of aromatic carboxylic acids is 1. The van der Waals surface area contributed by atoms with Crippen LogP contribution >= 0.6 is 0 Å². The molecule has 0 aliphatic carbocycles. The zero-order valence-electron chi connectivity index (χ0n) is 13.6. The summed E-state index contributed by atoms with van der Waals surface area (Å²) in [4.78, 5) is 22.5. The summed E-state index contributed by atoms with van der Waals surface area (Å²) in [5.41, 5.74) is 3.26. The van der Waals surface area contributed by atoms with Crippen LogP contribution in [0.25, 0.3) is 10.9 Å². The van der Waals surface area contributed by atoms with Crippen molar-refractivity contribution in [2.45, 2.75) is 19.9 Å². The quantitative estimate of drug-likeness (QED) is 0.663. The highest BCUT2D eigenvalue weighted by molar-refractivity contribution is 5.96. The van der Waals surface area contributed by atoms with Crippen molar-refractivity contribution in [3.05, 3.63) is 64.8 Å². The van der Waals surface area contributed by atoms with Gasteiger partial charge >= 0.3 is 11.9 Å². The second kappa shape index (κ2) is 6.32. The van der Waals surface area contributed by atoms with Crippen molar-refractivity contribution in [3.8, 4) is 5.75 Å². The smallest absolute Gasteiger partial charge is 0.335 e. The van der Waals surface area contributed by atoms with Crippen molar-refractivity contribution >= 4 is 22.8 Å². The van der Waals surface area contributed by atoms with Crippen molar-refractivity contribution < 1.29 is 24.9 Å². The van der Waals surface area contributed by atoms with E-state index >= 15 is 0 Å². The fourth-order valence-corrected chi connectivity index (χ4v) is 3.05. The van der Waals surface area contributed by atoms with Crippen molar-refractivity contribution in [3.63, 3.8) is 0 Å². The first-order chi connectivity index (χ1) is 11.9. The number of nitrogens with zero attached hydrogens (tertiary/aromatic N) is 1. The summed E-state index contributed by atoms with van der Waals surface area (Å²) in [6.07, 6.45) is -0.173. The second-order valence-corrected chi connectivity index (χ2v) is 5.92. The summed E-state index contributed by atoms with van der Waals surface area (Å²) in [6.45, 7) is 2.33. The van der Waals surface area contributed by atoms with Crippen LogP contribution in [-0.2, 0) is 17.8 Å². The molecule has 0 bridgehead atoms. The molecule has 0 aliphatic rings. The lowest BCUT2D eigenvalue weighted by atomic mass is 10.1. The lowest BCUT2D eigenvalue weighted by Gasteiger charge is -2.09. The van der Waals surface area contributed by atoms with E-state index in [1.165, 1.54) is 12.1 Å². The first-order valence-electron chi connectivity index (χ1n) is 7.71. The molecule has 0 amide bonds. The van der Waals surface area contributed by atoms with Gasteiger partial charge in [-0.15, -0.1) is 0 Å². The van der Waals surface area contributed by atoms with E-state index in [1.54, 1.807) is 30.3 Å². The molecule has 0 saturated heterocycles. The van der Waals surface area contributed by atoms with Gasteiger partial charge in [0.25, 0.3) is 0 Å². The SMILES string of the molecule is Cc1c(CC(=O)O)c2cc(C(=O)O)ccc2n1Cc1ccc(O)cc1. The van der Waals surface area contributed by atoms with Gasteiger partial charge in [0.2, 0.25) is 0 Å². The maximum Gasteiger partial charge on any atom is 0.335 e. The van der Waals surface area contributed by atoms with E-state index < -0.39 is 11.9 Å². The average molecular weight is 339 g/mol. The number of phenolic OH excluding ortho intramolecular Hbond substituents is 1. The highest BCUT2D eigenvalue weighted by Gasteiger charge is 2.18. The minimum atomic E-state index is -1.05. The van der Waals surface area contributed by atoms with E-state index in [0.717, 1.165) is 16.8 Å². The van der Waals surface area contributed by atoms with Crippen LogP contribution in [0.3, 0.4) is 0 Å². The van der Waals surface area contributed by atoms with Gasteiger partial charge in [0.15, 0.2) is 0 Å². The Morgan fingerprint density at radius 2 is 1.72 bits per heavy atom. The normalized spacial score (nSPS) is 10.9. The average Bonchev–Trinajstić information content (AvgIpc) is 2.81. The summed E-state index contributed by atoms with van der Waals surface area (Å²) in [6, 6.07) is 11.5. The Kier molecular flexibility index (Phi) is 4.19. The highest BCUT2D eigenvalue weighted by Crippen LogP contribution is 2.29. The van der Waals surface area contributed by atoms with Crippen molar-refractivity contribution in [1.29, 1.82) is 0 Å². The van der Waals surface area contributed by atoms with Gasteiger partial charge in [0.05, 0.1) is 12.0 Å². The molecule has 128 valence electrons. The first-order valence-corrected chi connectivity index (χ1v) is 7.71. The van der Waals surface area contributed by atoms with E-state index in [4.69, 9.17) is 0 Å². The molecular formula is C19H17NO5. The summed E-state index contributed by atoms with van der Waals surface area (Å²) < 4.78 is 1.96. The summed E-state index contributed by atoms with van der Waals surface area (Å²) >= 11 is 0. The number of benzene rings is 2. The molecule has 0 aliphatic heterocycles. The van der Waals surface area contributed by atoms with Crippen LogP contribution in [0.4, 0.5) is 0 Å². The Bertz CT molecular complexity index is 970. The fraction of sp³-hybridized carbons (Fsp3) is 0.158. The van der Waals surface area contributed by atoms with Gasteiger partial charge in [-0.1, -0.05) is 12.1 Å². The van der Waals surface area contributed by atoms with Gasteiger partial charge in [-0.05, 0) is 48.4 Å². The molecule has 0 radical (unpaired) electrons. The Balaban J connectivity index is 2.17. The first kappa shape index (κ1) is 16.6. The lowest BCUT2D eigenvalue weighted by molar-refractivity contribution is -0.136. The van der Waals surface area contributed by atoms with E-state index in [0.29, 0.717) is 17.5 Å². The molecule has 3 N–H and O–H groups in total. The predicted molar refractivity (Wildman–Crippen MR) is 92.2 cm³/mol. The Labute approximate surface area is 143 Å². The van der Waals surface area contributed by atoms with Gasteiger partial charge < -0.3 is 19.9 Å². The molecule has 1 aromatic heterocycles.